The molecule has 6 heteroatoms. The van der Waals surface area contributed by atoms with E-state index in [-0.39, 0.29) is 12.6 Å². The van der Waals surface area contributed by atoms with Gasteiger partial charge in [-0.3, -0.25) is 0 Å². The lowest BCUT2D eigenvalue weighted by Crippen LogP contribution is -2.21. The molecule has 0 aliphatic rings. The van der Waals surface area contributed by atoms with Crippen molar-refractivity contribution in [2.75, 3.05) is 17.2 Å². The van der Waals surface area contributed by atoms with Crippen LogP contribution in [0.4, 0.5) is 17.5 Å². The standard InChI is InChI=1S/C19H19ClN4O/c1-13(12-25)21-19-23-17(14-5-3-2-4-6-14)11-18(24-19)22-16-9-7-15(20)8-10-16/h2-11,13,25H,12H2,1H3,(H2,21,22,23,24)/t13-/m1/s1. The normalized spacial score (nSPS) is 11.8. The molecule has 1 atom stereocenters. The Hall–Kier alpha value is -2.63. The first-order valence-corrected chi connectivity index (χ1v) is 8.36. The summed E-state index contributed by atoms with van der Waals surface area (Å²) in [7, 11) is 0. The predicted octanol–water partition coefficient (Wildman–Crippen LogP) is 4.33. The smallest absolute Gasteiger partial charge is 0.225 e. The molecule has 2 aromatic carbocycles. The number of nitrogens with zero attached hydrogens (tertiary/aromatic N) is 2. The highest BCUT2D eigenvalue weighted by Gasteiger charge is 2.09. The van der Waals surface area contributed by atoms with Crippen LogP contribution in [0.5, 0.6) is 0 Å². The Balaban J connectivity index is 1.95. The topological polar surface area (TPSA) is 70.1 Å². The molecule has 0 aliphatic heterocycles. The van der Waals surface area contributed by atoms with Gasteiger partial charge in [-0.2, -0.15) is 4.98 Å². The zero-order valence-electron chi connectivity index (χ0n) is 13.8. The molecule has 3 aromatic rings. The molecule has 3 rings (SSSR count). The molecular weight excluding hydrogens is 336 g/mol. The van der Waals surface area contributed by atoms with Crippen molar-refractivity contribution < 1.29 is 5.11 Å². The maximum Gasteiger partial charge on any atom is 0.225 e. The number of aliphatic hydroxyl groups is 1. The van der Waals surface area contributed by atoms with Gasteiger partial charge in [-0.05, 0) is 31.2 Å². The third-order valence-electron chi connectivity index (χ3n) is 3.56. The minimum absolute atomic E-state index is 0.00112. The molecule has 0 saturated carbocycles. The maximum atomic E-state index is 9.27. The van der Waals surface area contributed by atoms with Crippen molar-refractivity contribution in [2.45, 2.75) is 13.0 Å². The monoisotopic (exact) mass is 354 g/mol. The molecule has 25 heavy (non-hydrogen) atoms. The minimum Gasteiger partial charge on any atom is -0.394 e. The van der Waals surface area contributed by atoms with Crippen molar-refractivity contribution in [1.82, 2.24) is 9.97 Å². The Labute approximate surface area is 151 Å². The fourth-order valence-corrected chi connectivity index (χ4v) is 2.41. The first kappa shape index (κ1) is 17.2. The van der Waals surface area contributed by atoms with Crippen molar-refractivity contribution in [3.63, 3.8) is 0 Å². The third kappa shape index (κ3) is 4.68. The number of benzene rings is 2. The van der Waals surface area contributed by atoms with Gasteiger partial charge in [0, 0.05) is 28.4 Å². The van der Waals surface area contributed by atoms with Gasteiger partial charge in [0.15, 0.2) is 0 Å². The molecule has 3 N–H and O–H groups in total. The largest absolute Gasteiger partial charge is 0.394 e. The average molecular weight is 355 g/mol. The molecule has 128 valence electrons. The number of hydrogen-bond acceptors (Lipinski definition) is 5. The van der Waals surface area contributed by atoms with E-state index in [2.05, 4.69) is 20.6 Å². The first-order chi connectivity index (χ1) is 12.1. The van der Waals surface area contributed by atoms with Crippen LogP contribution in [0.2, 0.25) is 5.02 Å². The summed E-state index contributed by atoms with van der Waals surface area (Å²) in [5, 5.41) is 16.3. The second-order valence-corrected chi connectivity index (χ2v) is 6.12. The molecule has 0 fully saturated rings. The zero-order valence-corrected chi connectivity index (χ0v) is 14.5. The molecule has 0 aliphatic carbocycles. The lowest BCUT2D eigenvalue weighted by Gasteiger charge is -2.14. The van der Waals surface area contributed by atoms with E-state index in [9.17, 15) is 5.11 Å². The van der Waals surface area contributed by atoms with Gasteiger partial charge in [-0.1, -0.05) is 41.9 Å². The SMILES string of the molecule is C[C@H](CO)Nc1nc(Nc2ccc(Cl)cc2)cc(-c2ccccc2)n1. The van der Waals surface area contributed by atoms with Crippen LogP contribution in [-0.2, 0) is 0 Å². The zero-order chi connectivity index (χ0) is 17.6. The van der Waals surface area contributed by atoms with Crippen molar-refractivity contribution in [3.05, 3.63) is 65.7 Å². The number of anilines is 3. The summed E-state index contributed by atoms with van der Waals surface area (Å²) in [6.07, 6.45) is 0. The second-order valence-electron chi connectivity index (χ2n) is 5.69. The number of aliphatic hydroxyl groups excluding tert-OH is 1. The van der Waals surface area contributed by atoms with Crippen LogP contribution >= 0.6 is 11.6 Å². The van der Waals surface area contributed by atoms with Crippen molar-refractivity contribution in [2.24, 2.45) is 0 Å². The Kier molecular flexibility index (Phi) is 5.48. The van der Waals surface area contributed by atoms with Crippen LogP contribution in [0.3, 0.4) is 0 Å². The highest BCUT2D eigenvalue weighted by molar-refractivity contribution is 6.30. The Bertz CT molecular complexity index is 825. The van der Waals surface area contributed by atoms with Crippen LogP contribution in [0.15, 0.2) is 60.7 Å². The van der Waals surface area contributed by atoms with Crippen LogP contribution in [0.1, 0.15) is 6.92 Å². The fraction of sp³-hybridized carbons (Fsp3) is 0.158. The molecule has 1 aromatic heterocycles. The highest BCUT2D eigenvalue weighted by atomic mass is 35.5. The minimum atomic E-state index is -0.144. The molecule has 5 nitrogen and oxygen atoms in total. The number of aromatic nitrogens is 2. The lowest BCUT2D eigenvalue weighted by molar-refractivity contribution is 0.281. The van der Waals surface area contributed by atoms with Crippen LogP contribution in [-0.4, -0.2) is 27.7 Å². The van der Waals surface area contributed by atoms with Gasteiger partial charge in [-0.25, -0.2) is 4.98 Å². The third-order valence-corrected chi connectivity index (χ3v) is 3.81. The van der Waals surface area contributed by atoms with Crippen LogP contribution < -0.4 is 10.6 Å². The fourth-order valence-electron chi connectivity index (χ4n) is 2.28. The van der Waals surface area contributed by atoms with E-state index >= 15 is 0 Å². The molecule has 0 amide bonds. The summed E-state index contributed by atoms with van der Waals surface area (Å²) in [6, 6.07) is 19.0. The Morgan fingerprint density at radius 3 is 2.44 bits per heavy atom. The van der Waals surface area contributed by atoms with Gasteiger partial charge in [-0.15, -0.1) is 0 Å². The summed E-state index contributed by atoms with van der Waals surface area (Å²) in [5.41, 5.74) is 2.66. The van der Waals surface area contributed by atoms with E-state index in [1.165, 1.54) is 0 Å². The Morgan fingerprint density at radius 1 is 1.04 bits per heavy atom. The van der Waals surface area contributed by atoms with E-state index in [1.54, 1.807) is 0 Å². The van der Waals surface area contributed by atoms with E-state index in [4.69, 9.17) is 11.6 Å². The summed E-state index contributed by atoms with van der Waals surface area (Å²) in [4.78, 5) is 9.04. The van der Waals surface area contributed by atoms with Crippen molar-refractivity contribution in [1.29, 1.82) is 0 Å². The van der Waals surface area contributed by atoms with Gasteiger partial charge in [0.25, 0.3) is 0 Å². The number of rotatable bonds is 6. The molecule has 0 unspecified atom stereocenters. The number of nitrogens with one attached hydrogen (secondary N) is 2. The second kappa shape index (κ2) is 7.96. The molecular formula is C19H19ClN4O. The number of halogens is 1. The van der Waals surface area contributed by atoms with Gasteiger partial charge in [0.1, 0.15) is 5.82 Å². The molecule has 0 spiro atoms. The van der Waals surface area contributed by atoms with Gasteiger partial charge in [0.05, 0.1) is 12.3 Å². The molecule has 0 bridgehead atoms. The molecule has 1 heterocycles. The first-order valence-electron chi connectivity index (χ1n) is 7.98. The summed E-state index contributed by atoms with van der Waals surface area (Å²) in [5.74, 6) is 1.11. The highest BCUT2D eigenvalue weighted by Crippen LogP contribution is 2.24. The van der Waals surface area contributed by atoms with E-state index in [0.29, 0.717) is 16.8 Å². The van der Waals surface area contributed by atoms with E-state index < -0.39 is 0 Å². The number of hydrogen-bond donors (Lipinski definition) is 3. The molecule has 0 saturated heterocycles. The van der Waals surface area contributed by atoms with Crippen molar-refractivity contribution in [3.8, 4) is 11.3 Å². The Morgan fingerprint density at radius 2 is 1.76 bits per heavy atom. The summed E-state index contributed by atoms with van der Waals surface area (Å²) in [6.45, 7) is 1.86. The summed E-state index contributed by atoms with van der Waals surface area (Å²) < 4.78 is 0. The quantitative estimate of drug-likeness (QED) is 0.614. The van der Waals surface area contributed by atoms with E-state index in [0.717, 1.165) is 16.9 Å². The maximum absolute atomic E-state index is 9.27. The van der Waals surface area contributed by atoms with E-state index in [1.807, 2.05) is 67.6 Å². The predicted molar refractivity (Wildman–Crippen MR) is 102 cm³/mol. The lowest BCUT2D eigenvalue weighted by atomic mass is 10.1. The van der Waals surface area contributed by atoms with Crippen molar-refractivity contribution >= 4 is 29.1 Å². The van der Waals surface area contributed by atoms with Gasteiger partial charge < -0.3 is 15.7 Å². The van der Waals surface area contributed by atoms with Crippen LogP contribution in [0.25, 0.3) is 11.3 Å². The van der Waals surface area contributed by atoms with Gasteiger partial charge >= 0.3 is 0 Å². The van der Waals surface area contributed by atoms with Gasteiger partial charge in [0.2, 0.25) is 5.95 Å². The molecule has 0 radical (unpaired) electrons. The van der Waals surface area contributed by atoms with Crippen LogP contribution in [0, 0.1) is 0 Å². The summed E-state index contributed by atoms with van der Waals surface area (Å²) >= 11 is 5.93. The average Bonchev–Trinajstić information content (AvgIpc) is 2.64.